The van der Waals surface area contributed by atoms with Gasteiger partial charge in [0.2, 0.25) is 0 Å². The van der Waals surface area contributed by atoms with Gasteiger partial charge in [-0.2, -0.15) is 0 Å². The van der Waals surface area contributed by atoms with Gasteiger partial charge in [0.15, 0.2) is 0 Å². The molecule has 2 atom stereocenters. The molecule has 19 heavy (non-hydrogen) atoms. The minimum atomic E-state index is -0.580. The summed E-state index contributed by atoms with van der Waals surface area (Å²) in [6.07, 6.45) is 3.35. The van der Waals surface area contributed by atoms with Crippen molar-refractivity contribution in [2.45, 2.75) is 23.1 Å². The molecule has 1 heterocycles. The van der Waals surface area contributed by atoms with Gasteiger partial charge in [0, 0.05) is 34.6 Å². The van der Waals surface area contributed by atoms with Crippen LogP contribution in [0.15, 0.2) is 47.6 Å². The first-order valence-electron chi connectivity index (χ1n) is 5.85. The Hall–Kier alpha value is -1.46. The molecule has 0 spiro atoms. The number of hydrogen-bond donors (Lipinski definition) is 1. The number of halogens is 2. The van der Waals surface area contributed by atoms with Gasteiger partial charge in [-0.15, -0.1) is 11.8 Å². The Morgan fingerprint density at radius 1 is 1.16 bits per heavy atom. The van der Waals surface area contributed by atoms with Crippen LogP contribution in [0, 0.1) is 11.6 Å². The van der Waals surface area contributed by atoms with Crippen molar-refractivity contribution in [2.24, 2.45) is 5.73 Å². The lowest BCUT2D eigenvalue weighted by Gasteiger charge is -2.20. The average molecular weight is 280 g/mol. The smallest absolute Gasteiger partial charge is 0.139 e. The lowest BCUT2D eigenvalue weighted by molar-refractivity contribution is 0.565. The molecule has 0 saturated carbocycles. The summed E-state index contributed by atoms with van der Waals surface area (Å²) in [5.41, 5.74) is 6.93. The van der Waals surface area contributed by atoms with Gasteiger partial charge in [0.25, 0.3) is 0 Å². The average Bonchev–Trinajstić information content (AvgIpc) is 2.38. The number of rotatable bonds is 4. The number of pyridine rings is 1. The van der Waals surface area contributed by atoms with E-state index in [1.54, 1.807) is 12.4 Å². The van der Waals surface area contributed by atoms with Crippen molar-refractivity contribution >= 4 is 11.8 Å². The number of aromatic nitrogens is 1. The molecule has 0 radical (unpaired) electrons. The van der Waals surface area contributed by atoms with Crippen LogP contribution in [0.4, 0.5) is 8.78 Å². The molecule has 5 heteroatoms. The number of nitrogens with zero attached hydrogens (tertiary/aromatic N) is 1. The molecule has 0 aliphatic carbocycles. The second-order valence-electron chi connectivity index (χ2n) is 4.25. The van der Waals surface area contributed by atoms with E-state index in [0.717, 1.165) is 11.6 Å². The van der Waals surface area contributed by atoms with E-state index in [1.807, 2.05) is 19.1 Å². The van der Waals surface area contributed by atoms with Crippen LogP contribution in [-0.2, 0) is 0 Å². The standard InChI is InChI=1S/C14H14F2N2S/c1-9(17)14(10-4-6-18-7-5-10)19-13-3-2-11(15)8-12(13)16/h2-9,14H,17H2,1H3. The highest BCUT2D eigenvalue weighted by molar-refractivity contribution is 7.99. The molecule has 2 aromatic rings. The maximum absolute atomic E-state index is 13.7. The fourth-order valence-electron chi connectivity index (χ4n) is 1.74. The third-order valence-electron chi connectivity index (χ3n) is 2.66. The van der Waals surface area contributed by atoms with Crippen LogP contribution in [0.25, 0.3) is 0 Å². The van der Waals surface area contributed by atoms with Crippen molar-refractivity contribution in [1.29, 1.82) is 0 Å². The molecule has 2 unspecified atom stereocenters. The van der Waals surface area contributed by atoms with Crippen molar-refractivity contribution in [3.05, 3.63) is 59.9 Å². The van der Waals surface area contributed by atoms with Gasteiger partial charge in [-0.3, -0.25) is 4.98 Å². The monoisotopic (exact) mass is 280 g/mol. The van der Waals surface area contributed by atoms with Crippen LogP contribution in [0.5, 0.6) is 0 Å². The Balaban J connectivity index is 2.27. The zero-order chi connectivity index (χ0) is 13.8. The number of benzene rings is 1. The molecule has 0 aliphatic rings. The quantitative estimate of drug-likeness (QED) is 0.871. The predicted molar refractivity (Wildman–Crippen MR) is 72.8 cm³/mol. The molecular weight excluding hydrogens is 266 g/mol. The second-order valence-corrected chi connectivity index (χ2v) is 5.44. The summed E-state index contributed by atoms with van der Waals surface area (Å²) in [5.74, 6) is -1.15. The van der Waals surface area contributed by atoms with Gasteiger partial charge in [-0.25, -0.2) is 8.78 Å². The molecular formula is C14H14F2N2S. The molecule has 2 nitrogen and oxygen atoms in total. The lowest BCUT2D eigenvalue weighted by atomic mass is 10.1. The summed E-state index contributed by atoms with van der Waals surface area (Å²) in [6, 6.07) is 7.09. The van der Waals surface area contributed by atoms with Crippen LogP contribution in [-0.4, -0.2) is 11.0 Å². The fourth-order valence-corrected chi connectivity index (χ4v) is 2.84. The zero-order valence-electron chi connectivity index (χ0n) is 10.4. The first-order valence-corrected chi connectivity index (χ1v) is 6.73. The first-order chi connectivity index (χ1) is 9.08. The number of thioether (sulfide) groups is 1. The van der Waals surface area contributed by atoms with Crippen molar-refractivity contribution in [1.82, 2.24) is 4.98 Å². The maximum Gasteiger partial charge on any atom is 0.139 e. The minimum absolute atomic E-state index is 0.108. The first kappa shape index (κ1) is 14.0. The largest absolute Gasteiger partial charge is 0.327 e. The van der Waals surface area contributed by atoms with Gasteiger partial charge in [0.05, 0.1) is 0 Å². The van der Waals surface area contributed by atoms with Crippen LogP contribution in [0.1, 0.15) is 17.7 Å². The molecule has 0 fully saturated rings. The highest BCUT2D eigenvalue weighted by Gasteiger charge is 2.19. The Labute approximate surface area is 115 Å². The molecule has 2 rings (SSSR count). The maximum atomic E-state index is 13.7. The van der Waals surface area contributed by atoms with Crippen molar-refractivity contribution in [2.75, 3.05) is 0 Å². The van der Waals surface area contributed by atoms with Gasteiger partial charge < -0.3 is 5.73 Å². The molecule has 0 bridgehead atoms. The van der Waals surface area contributed by atoms with Crippen LogP contribution in [0.3, 0.4) is 0 Å². The van der Waals surface area contributed by atoms with E-state index >= 15 is 0 Å². The SMILES string of the molecule is CC(N)C(Sc1ccc(F)cc1F)c1ccncc1. The van der Waals surface area contributed by atoms with Crippen LogP contribution in [0.2, 0.25) is 0 Å². The molecule has 0 aliphatic heterocycles. The summed E-state index contributed by atoms with van der Waals surface area (Å²) in [7, 11) is 0. The van der Waals surface area contributed by atoms with E-state index in [-0.39, 0.29) is 11.3 Å². The number of hydrogen-bond acceptors (Lipinski definition) is 3. The normalized spacial score (nSPS) is 14.1. The number of nitrogens with two attached hydrogens (primary N) is 1. The van der Waals surface area contributed by atoms with Gasteiger partial charge in [-0.05, 0) is 36.8 Å². The third kappa shape index (κ3) is 3.52. The van der Waals surface area contributed by atoms with E-state index in [4.69, 9.17) is 5.73 Å². The zero-order valence-corrected chi connectivity index (χ0v) is 11.2. The topological polar surface area (TPSA) is 38.9 Å². The minimum Gasteiger partial charge on any atom is -0.327 e. The van der Waals surface area contributed by atoms with E-state index in [0.29, 0.717) is 4.90 Å². The van der Waals surface area contributed by atoms with Crippen LogP contribution >= 0.6 is 11.8 Å². The van der Waals surface area contributed by atoms with E-state index in [2.05, 4.69) is 4.98 Å². The van der Waals surface area contributed by atoms with Crippen molar-refractivity contribution in [3.63, 3.8) is 0 Å². The predicted octanol–water partition coefficient (Wildman–Crippen LogP) is 3.54. The summed E-state index contributed by atoms with van der Waals surface area (Å²) in [6.45, 7) is 1.86. The fraction of sp³-hybridized carbons (Fsp3) is 0.214. The van der Waals surface area contributed by atoms with E-state index in [9.17, 15) is 8.78 Å². The van der Waals surface area contributed by atoms with E-state index < -0.39 is 11.6 Å². The van der Waals surface area contributed by atoms with E-state index in [1.165, 1.54) is 23.9 Å². The van der Waals surface area contributed by atoms with Gasteiger partial charge in [-0.1, -0.05) is 0 Å². The third-order valence-corrected chi connectivity index (χ3v) is 4.20. The lowest BCUT2D eigenvalue weighted by Crippen LogP contribution is -2.22. The van der Waals surface area contributed by atoms with Crippen molar-refractivity contribution < 1.29 is 8.78 Å². The second kappa shape index (κ2) is 6.12. The molecule has 100 valence electrons. The Bertz CT molecular complexity index is 546. The highest BCUT2D eigenvalue weighted by atomic mass is 32.2. The van der Waals surface area contributed by atoms with Crippen molar-refractivity contribution in [3.8, 4) is 0 Å². The molecule has 1 aromatic heterocycles. The van der Waals surface area contributed by atoms with Crippen LogP contribution < -0.4 is 5.73 Å². The summed E-state index contributed by atoms with van der Waals surface area (Å²) >= 11 is 1.29. The molecule has 2 N–H and O–H groups in total. The van der Waals surface area contributed by atoms with Gasteiger partial charge in [0.1, 0.15) is 11.6 Å². The molecule has 0 amide bonds. The molecule has 0 saturated heterocycles. The molecule has 1 aromatic carbocycles. The summed E-state index contributed by atoms with van der Waals surface area (Å²) in [5, 5.41) is -0.108. The van der Waals surface area contributed by atoms with Gasteiger partial charge >= 0.3 is 0 Å². The Morgan fingerprint density at radius 3 is 2.42 bits per heavy atom. The summed E-state index contributed by atoms with van der Waals surface area (Å²) in [4.78, 5) is 4.34. The summed E-state index contributed by atoms with van der Waals surface area (Å²) < 4.78 is 26.6. The Kier molecular flexibility index (Phi) is 4.50. The Morgan fingerprint density at radius 2 is 1.84 bits per heavy atom. The highest BCUT2D eigenvalue weighted by Crippen LogP contribution is 2.38.